The second-order valence-electron chi connectivity index (χ2n) is 12.0. The number of fused-ring (bicyclic) bond motifs is 4. The lowest BCUT2D eigenvalue weighted by Crippen LogP contribution is -2.32. The summed E-state index contributed by atoms with van der Waals surface area (Å²) in [5.74, 6) is 2.08. The molecule has 0 saturated carbocycles. The number of anilines is 2. The van der Waals surface area contributed by atoms with Crippen molar-refractivity contribution < 1.29 is 14.1 Å². The van der Waals surface area contributed by atoms with Crippen LogP contribution in [0.5, 0.6) is 0 Å². The van der Waals surface area contributed by atoms with Crippen molar-refractivity contribution in [3.63, 3.8) is 0 Å². The molecule has 2 amide bonds. The highest BCUT2D eigenvalue weighted by molar-refractivity contribution is 7.07. The van der Waals surface area contributed by atoms with Gasteiger partial charge in [-0.25, -0.2) is 15.0 Å². The number of thiazole rings is 1. The molecule has 2 aromatic carbocycles. The number of rotatable bonds is 2. The molecule has 0 bridgehead atoms. The molecule has 8 rings (SSSR count). The van der Waals surface area contributed by atoms with E-state index in [-0.39, 0.29) is 22.6 Å². The molecule has 2 aliphatic heterocycles. The third kappa shape index (κ3) is 4.53. The quantitative estimate of drug-likeness (QED) is 0.192. The number of aromatic nitrogens is 6. The van der Waals surface area contributed by atoms with Crippen molar-refractivity contribution in [2.75, 3.05) is 10.6 Å². The number of imidazole rings is 2. The van der Waals surface area contributed by atoms with Gasteiger partial charge in [-0.2, -0.15) is 0 Å². The summed E-state index contributed by atoms with van der Waals surface area (Å²) in [5.41, 5.74) is 9.75. The summed E-state index contributed by atoms with van der Waals surface area (Å²) in [7, 11) is 0. The van der Waals surface area contributed by atoms with Gasteiger partial charge in [-0.05, 0) is 35.4 Å². The van der Waals surface area contributed by atoms with Crippen LogP contribution in [0, 0.1) is 0 Å². The maximum absolute atomic E-state index is 11.8. The second-order valence-corrected chi connectivity index (χ2v) is 12.7. The molecule has 0 aliphatic carbocycles. The number of nitrogens with zero attached hydrogens (tertiary/aromatic N) is 4. The van der Waals surface area contributed by atoms with Crippen molar-refractivity contribution in [1.29, 1.82) is 0 Å². The summed E-state index contributed by atoms with van der Waals surface area (Å²) in [6.45, 7) is 8.33. The van der Waals surface area contributed by atoms with Crippen LogP contribution in [0.25, 0.3) is 45.2 Å². The maximum Gasteiger partial charge on any atom is 0.225 e. The fraction of sp³-hybridized carbons (Fsp3) is 0.267. The van der Waals surface area contributed by atoms with Crippen LogP contribution >= 0.6 is 11.3 Å². The van der Waals surface area contributed by atoms with Gasteiger partial charge in [0.2, 0.25) is 17.6 Å². The number of hydrogen-bond acceptors (Lipinski definition) is 8. The first-order valence-corrected chi connectivity index (χ1v) is 14.5. The van der Waals surface area contributed by atoms with E-state index in [0.717, 1.165) is 56.1 Å². The molecule has 0 unspecified atom stereocenters. The first kappa shape index (κ1) is 26.1. The van der Waals surface area contributed by atoms with Crippen LogP contribution in [0.4, 0.5) is 11.4 Å². The van der Waals surface area contributed by atoms with Crippen molar-refractivity contribution in [2.24, 2.45) is 0 Å². The Morgan fingerprint density at radius 2 is 1.38 bits per heavy atom. The number of carbonyl (C=O) groups excluding carboxylic acids is 2. The Kier molecular flexibility index (Phi) is 5.80. The number of nitrogens with one attached hydrogen (secondary N) is 4. The Balaban J connectivity index is 0.000000137. The van der Waals surface area contributed by atoms with Crippen LogP contribution in [0.2, 0.25) is 0 Å². The van der Waals surface area contributed by atoms with Gasteiger partial charge in [0.1, 0.15) is 5.69 Å². The van der Waals surface area contributed by atoms with Crippen molar-refractivity contribution in [3.8, 4) is 23.1 Å². The Hall–Kier alpha value is -4.84. The lowest BCUT2D eigenvalue weighted by Gasteiger charge is -2.31. The molecule has 212 valence electrons. The van der Waals surface area contributed by atoms with E-state index in [1.54, 1.807) is 29.1 Å². The van der Waals surface area contributed by atoms with E-state index in [9.17, 15) is 9.59 Å². The Labute approximate surface area is 244 Å². The van der Waals surface area contributed by atoms with Crippen LogP contribution in [0.1, 0.15) is 51.7 Å². The fourth-order valence-corrected chi connectivity index (χ4v) is 6.26. The van der Waals surface area contributed by atoms with E-state index in [1.807, 2.05) is 17.5 Å². The Morgan fingerprint density at radius 3 is 1.90 bits per heavy atom. The van der Waals surface area contributed by atoms with Gasteiger partial charge in [-0.3, -0.25) is 9.59 Å². The molecule has 0 fully saturated rings. The average Bonchev–Trinajstić information content (AvgIpc) is 3.72. The topological polar surface area (TPSA) is 154 Å². The smallest absolute Gasteiger partial charge is 0.225 e. The van der Waals surface area contributed by atoms with Gasteiger partial charge in [0.05, 0.1) is 33.8 Å². The van der Waals surface area contributed by atoms with Crippen molar-refractivity contribution in [2.45, 2.75) is 51.4 Å². The molecule has 12 heteroatoms. The van der Waals surface area contributed by atoms with Gasteiger partial charge >= 0.3 is 0 Å². The number of hydrogen-bond donors (Lipinski definition) is 4. The van der Waals surface area contributed by atoms with Crippen LogP contribution in [0.15, 0.2) is 51.9 Å². The molecule has 2 aliphatic rings. The lowest BCUT2D eigenvalue weighted by atomic mass is 9.78. The monoisotopic (exact) mass is 580 g/mol. The number of carbonyl (C=O) groups is 2. The molecule has 0 atom stereocenters. The highest BCUT2D eigenvalue weighted by Crippen LogP contribution is 2.40. The van der Waals surface area contributed by atoms with E-state index in [2.05, 4.69) is 80.5 Å². The Bertz CT molecular complexity index is 1840. The van der Waals surface area contributed by atoms with Crippen LogP contribution in [-0.4, -0.2) is 41.9 Å². The molecular weight excluding hydrogens is 552 g/mol. The van der Waals surface area contributed by atoms with Crippen LogP contribution in [0.3, 0.4) is 0 Å². The SMILES string of the molecule is CC1(C)CC(=O)Nc2cc3nc(-c4ccno4)[nH]c3cc21.CC1(C)CC(=O)Nc2cc3nc(-c4cscn4)[nH]c3cc21. The van der Waals surface area contributed by atoms with Gasteiger partial charge in [-0.1, -0.05) is 32.9 Å². The first-order valence-electron chi connectivity index (χ1n) is 13.5. The van der Waals surface area contributed by atoms with Crippen LogP contribution < -0.4 is 10.6 Å². The van der Waals surface area contributed by atoms with Crippen molar-refractivity contribution >= 4 is 56.6 Å². The Morgan fingerprint density at radius 1 is 0.810 bits per heavy atom. The molecule has 0 radical (unpaired) electrons. The van der Waals surface area contributed by atoms with Gasteiger partial charge in [-0.15, -0.1) is 11.3 Å². The van der Waals surface area contributed by atoms with Gasteiger partial charge in [0.25, 0.3) is 0 Å². The summed E-state index contributed by atoms with van der Waals surface area (Å²) in [4.78, 5) is 43.5. The molecule has 4 aromatic heterocycles. The van der Waals surface area contributed by atoms with E-state index < -0.39 is 0 Å². The molecule has 0 spiro atoms. The molecule has 0 saturated heterocycles. The normalized spacial score (nSPS) is 16.8. The van der Waals surface area contributed by atoms with Crippen LogP contribution in [-0.2, 0) is 20.4 Å². The predicted octanol–water partition coefficient (Wildman–Crippen LogP) is 6.14. The minimum absolute atomic E-state index is 0.0397. The third-order valence-corrected chi connectivity index (χ3v) is 8.39. The first-order chi connectivity index (χ1) is 20.1. The summed E-state index contributed by atoms with van der Waals surface area (Å²) >= 11 is 1.54. The summed E-state index contributed by atoms with van der Waals surface area (Å²) in [6, 6.07) is 9.74. The standard InChI is InChI=1S/C15H14N4O2.C15H14N4OS/c1-15(2)7-13(20)17-9-6-11-10(5-8(9)15)18-14(19-11)12-3-4-16-21-12;1-15(2)5-13(20)17-9-4-11-10(3-8(9)15)18-14(19-11)12-6-21-7-16-12/h3-6H,7H2,1-2H3,(H,17,20)(H,18,19);3-4,6-7H,5H2,1-2H3,(H,17,20)(H,18,19). The molecule has 42 heavy (non-hydrogen) atoms. The second kappa shape index (κ2) is 9.35. The minimum atomic E-state index is -0.191. The zero-order chi connectivity index (χ0) is 29.2. The lowest BCUT2D eigenvalue weighted by molar-refractivity contribution is -0.118. The third-order valence-electron chi connectivity index (χ3n) is 7.80. The molecule has 4 N–H and O–H groups in total. The highest BCUT2D eigenvalue weighted by atomic mass is 32.1. The van der Waals surface area contributed by atoms with E-state index in [4.69, 9.17) is 4.52 Å². The zero-order valence-corrected chi connectivity index (χ0v) is 24.3. The highest BCUT2D eigenvalue weighted by Gasteiger charge is 2.33. The molecular formula is C30H28N8O3S. The fourth-order valence-electron chi connectivity index (χ4n) is 5.73. The number of aromatic amines is 2. The molecule has 11 nitrogen and oxygen atoms in total. The largest absolute Gasteiger partial charge is 0.353 e. The van der Waals surface area contributed by atoms with Crippen molar-refractivity contribution in [3.05, 3.63) is 58.5 Å². The average molecular weight is 581 g/mol. The molecule has 6 aromatic rings. The predicted molar refractivity (Wildman–Crippen MR) is 161 cm³/mol. The maximum atomic E-state index is 11.8. The number of amides is 2. The zero-order valence-electron chi connectivity index (χ0n) is 23.5. The minimum Gasteiger partial charge on any atom is -0.353 e. The molecule has 6 heterocycles. The van der Waals surface area contributed by atoms with E-state index in [0.29, 0.717) is 24.4 Å². The summed E-state index contributed by atoms with van der Waals surface area (Å²) in [5, 5.41) is 11.5. The number of H-pyrrole nitrogens is 2. The number of benzene rings is 2. The van der Waals surface area contributed by atoms with Gasteiger partial charge < -0.3 is 25.1 Å². The van der Waals surface area contributed by atoms with Crippen molar-refractivity contribution in [1.82, 2.24) is 30.1 Å². The summed E-state index contributed by atoms with van der Waals surface area (Å²) in [6.07, 6.45) is 2.56. The van der Waals surface area contributed by atoms with E-state index in [1.165, 1.54) is 0 Å². The summed E-state index contributed by atoms with van der Waals surface area (Å²) < 4.78 is 5.12. The van der Waals surface area contributed by atoms with Gasteiger partial charge in [0.15, 0.2) is 11.6 Å². The van der Waals surface area contributed by atoms with Gasteiger partial charge in [0, 0.05) is 46.5 Å². The van der Waals surface area contributed by atoms with E-state index >= 15 is 0 Å².